The second-order valence-corrected chi connectivity index (χ2v) is 7.99. The van der Waals surface area contributed by atoms with Crippen molar-refractivity contribution in [1.29, 1.82) is 0 Å². The largest absolute Gasteiger partial charge is 0.353 e. The summed E-state index contributed by atoms with van der Waals surface area (Å²) in [6.45, 7) is 1.03. The molecule has 1 aliphatic carbocycles. The van der Waals surface area contributed by atoms with Crippen LogP contribution in [-0.4, -0.2) is 36.0 Å². The van der Waals surface area contributed by atoms with E-state index >= 15 is 0 Å². The summed E-state index contributed by atoms with van der Waals surface area (Å²) < 4.78 is 0. The molecule has 1 saturated heterocycles. The molecule has 2 N–H and O–H groups in total. The average Bonchev–Trinajstić information content (AvgIpc) is 2.58. The minimum absolute atomic E-state index is 0. The van der Waals surface area contributed by atoms with Crippen molar-refractivity contribution in [1.82, 2.24) is 10.6 Å². The van der Waals surface area contributed by atoms with E-state index in [9.17, 15) is 4.79 Å². The number of nitrogens with one attached hydrogen (secondary N) is 2. The molecule has 24 heavy (non-hydrogen) atoms. The third kappa shape index (κ3) is 5.98. The van der Waals surface area contributed by atoms with Crippen LogP contribution < -0.4 is 10.6 Å². The summed E-state index contributed by atoms with van der Waals surface area (Å²) in [5, 5.41) is 6.80. The highest BCUT2D eigenvalue weighted by molar-refractivity contribution is 7.99. The van der Waals surface area contributed by atoms with Crippen molar-refractivity contribution in [2.45, 2.75) is 50.6 Å². The lowest BCUT2D eigenvalue weighted by Gasteiger charge is -2.33. The number of hydrogen-bond acceptors (Lipinski definition) is 3. The van der Waals surface area contributed by atoms with Crippen LogP contribution in [0.2, 0.25) is 0 Å². The Kier molecular flexibility index (Phi) is 8.43. The third-order valence-corrected chi connectivity index (χ3v) is 6.16. The van der Waals surface area contributed by atoms with Crippen molar-refractivity contribution in [3.8, 4) is 0 Å². The zero-order valence-corrected chi connectivity index (χ0v) is 15.8. The average molecular weight is 369 g/mol. The van der Waals surface area contributed by atoms with Gasteiger partial charge in [-0.25, -0.2) is 0 Å². The maximum atomic E-state index is 12.4. The molecular weight excluding hydrogens is 340 g/mol. The van der Waals surface area contributed by atoms with Gasteiger partial charge in [0.25, 0.3) is 0 Å². The van der Waals surface area contributed by atoms with Gasteiger partial charge in [-0.2, -0.15) is 11.8 Å². The fourth-order valence-corrected chi connectivity index (χ4v) is 4.75. The van der Waals surface area contributed by atoms with Crippen LogP contribution in [0.1, 0.15) is 37.7 Å². The fraction of sp³-hybridized carbons (Fsp3) is 0.632. The molecular formula is C19H29ClN2OS. The smallest absolute Gasteiger partial charge is 0.221 e. The van der Waals surface area contributed by atoms with Crippen LogP contribution >= 0.6 is 24.2 Å². The molecule has 5 heteroatoms. The van der Waals surface area contributed by atoms with Crippen LogP contribution in [0.25, 0.3) is 0 Å². The molecule has 1 aliphatic heterocycles. The molecule has 2 aliphatic rings. The van der Waals surface area contributed by atoms with Gasteiger partial charge < -0.3 is 10.6 Å². The van der Waals surface area contributed by atoms with E-state index in [1.165, 1.54) is 30.6 Å². The Morgan fingerprint density at radius 2 is 2.00 bits per heavy atom. The van der Waals surface area contributed by atoms with Crippen molar-refractivity contribution in [2.75, 3.05) is 18.1 Å². The zero-order chi connectivity index (χ0) is 15.9. The molecule has 0 bridgehead atoms. The number of carbonyl (C=O) groups excluding carboxylic acids is 1. The minimum Gasteiger partial charge on any atom is -0.353 e. The number of halogens is 1. The second-order valence-electron chi connectivity index (χ2n) is 6.84. The fourth-order valence-electron chi connectivity index (χ4n) is 3.80. The van der Waals surface area contributed by atoms with E-state index in [4.69, 9.17) is 0 Å². The van der Waals surface area contributed by atoms with Gasteiger partial charge >= 0.3 is 0 Å². The lowest BCUT2D eigenvalue weighted by molar-refractivity contribution is -0.122. The Bertz CT molecular complexity index is 493. The molecule has 134 valence electrons. The monoisotopic (exact) mass is 368 g/mol. The van der Waals surface area contributed by atoms with Gasteiger partial charge in [-0.15, -0.1) is 12.4 Å². The van der Waals surface area contributed by atoms with E-state index in [2.05, 4.69) is 41.0 Å². The van der Waals surface area contributed by atoms with E-state index in [-0.39, 0.29) is 18.3 Å². The maximum absolute atomic E-state index is 12.4. The van der Waals surface area contributed by atoms with Gasteiger partial charge in [-0.1, -0.05) is 43.2 Å². The van der Waals surface area contributed by atoms with Gasteiger partial charge in [0, 0.05) is 36.6 Å². The first-order valence-corrected chi connectivity index (χ1v) is 10.1. The molecule has 3 rings (SSSR count). The van der Waals surface area contributed by atoms with Gasteiger partial charge in [0.2, 0.25) is 5.91 Å². The molecule has 1 aromatic rings. The van der Waals surface area contributed by atoms with Crippen molar-refractivity contribution >= 4 is 30.1 Å². The number of thioether (sulfide) groups is 1. The van der Waals surface area contributed by atoms with Crippen LogP contribution in [0.4, 0.5) is 0 Å². The zero-order valence-electron chi connectivity index (χ0n) is 14.2. The Hall–Kier alpha value is -0.710. The number of rotatable bonds is 5. The second kappa shape index (κ2) is 10.3. The predicted molar refractivity (Wildman–Crippen MR) is 105 cm³/mol. The first-order valence-electron chi connectivity index (χ1n) is 8.95. The Morgan fingerprint density at radius 1 is 1.21 bits per heavy atom. The highest BCUT2D eigenvalue weighted by Crippen LogP contribution is 2.27. The van der Waals surface area contributed by atoms with Crippen LogP contribution in [0.3, 0.4) is 0 Å². The van der Waals surface area contributed by atoms with Crippen molar-refractivity contribution in [3.05, 3.63) is 35.9 Å². The van der Waals surface area contributed by atoms with Gasteiger partial charge in [0.1, 0.15) is 0 Å². The van der Waals surface area contributed by atoms with Crippen LogP contribution in [0.5, 0.6) is 0 Å². The van der Waals surface area contributed by atoms with Crippen LogP contribution in [0, 0.1) is 5.92 Å². The van der Waals surface area contributed by atoms with E-state index < -0.39 is 0 Å². The topological polar surface area (TPSA) is 41.1 Å². The molecule has 0 aromatic heterocycles. The molecule has 1 saturated carbocycles. The highest BCUT2D eigenvalue weighted by Gasteiger charge is 2.27. The van der Waals surface area contributed by atoms with Gasteiger partial charge in [0.05, 0.1) is 0 Å². The summed E-state index contributed by atoms with van der Waals surface area (Å²) in [6, 6.07) is 11.4. The van der Waals surface area contributed by atoms with Gasteiger partial charge in [-0.05, 0) is 30.7 Å². The number of carbonyl (C=O) groups is 1. The first-order chi connectivity index (χ1) is 11.3. The molecule has 3 nitrogen and oxygen atoms in total. The number of amides is 1. The van der Waals surface area contributed by atoms with Gasteiger partial charge in [0.15, 0.2) is 0 Å². The minimum atomic E-state index is 0. The number of hydrogen-bond donors (Lipinski definition) is 2. The number of benzene rings is 1. The molecule has 1 heterocycles. The van der Waals surface area contributed by atoms with Crippen LogP contribution in [-0.2, 0) is 11.2 Å². The third-order valence-electron chi connectivity index (χ3n) is 5.03. The Morgan fingerprint density at radius 3 is 2.75 bits per heavy atom. The lowest BCUT2D eigenvalue weighted by Crippen LogP contribution is -2.46. The van der Waals surface area contributed by atoms with Crippen molar-refractivity contribution < 1.29 is 4.79 Å². The summed E-state index contributed by atoms with van der Waals surface area (Å²) in [4.78, 5) is 12.4. The molecule has 0 radical (unpaired) electrons. The van der Waals surface area contributed by atoms with Gasteiger partial charge in [-0.3, -0.25) is 4.79 Å². The molecule has 0 spiro atoms. The lowest BCUT2D eigenvalue weighted by atomic mass is 9.80. The SMILES string of the molecule is Cl.O=C(CC1CSCCN1)NC1CCCCC1Cc1ccccc1. The molecule has 3 atom stereocenters. The summed E-state index contributed by atoms with van der Waals surface area (Å²) >= 11 is 1.95. The molecule has 1 amide bonds. The molecule has 1 aromatic carbocycles. The molecule has 3 unspecified atom stereocenters. The Balaban J connectivity index is 0.00000208. The maximum Gasteiger partial charge on any atom is 0.221 e. The quantitative estimate of drug-likeness (QED) is 0.836. The van der Waals surface area contributed by atoms with E-state index in [1.54, 1.807) is 0 Å². The summed E-state index contributed by atoms with van der Waals surface area (Å²) in [5.41, 5.74) is 1.39. The first kappa shape index (κ1) is 19.6. The highest BCUT2D eigenvalue weighted by atomic mass is 35.5. The summed E-state index contributed by atoms with van der Waals surface area (Å²) in [6.07, 6.45) is 6.62. The normalized spacial score (nSPS) is 27.1. The van der Waals surface area contributed by atoms with E-state index in [0.29, 0.717) is 24.4 Å². The predicted octanol–water partition coefficient (Wildman–Crippen LogP) is 3.42. The van der Waals surface area contributed by atoms with E-state index in [0.717, 1.165) is 25.1 Å². The Labute approximate surface area is 156 Å². The van der Waals surface area contributed by atoms with Crippen molar-refractivity contribution in [3.63, 3.8) is 0 Å². The molecule has 2 fully saturated rings. The summed E-state index contributed by atoms with van der Waals surface area (Å²) in [7, 11) is 0. The summed E-state index contributed by atoms with van der Waals surface area (Å²) in [5.74, 6) is 3.05. The van der Waals surface area contributed by atoms with Crippen molar-refractivity contribution in [2.24, 2.45) is 5.92 Å². The van der Waals surface area contributed by atoms with E-state index in [1.807, 2.05) is 11.8 Å². The van der Waals surface area contributed by atoms with Crippen LogP contribution in [0.15, 0.2) is 30.3 Å². The standard InChI is InChI=1S/C19H28N2OS.ClH/c22-19(13-17-14-23-11-10-20-17)21-18-9-5-4-8-16(18)12-15-6-2-1-3-7-15;/h1-3,6-7,16-18,20H,4-5,8-14H2,(H,21,22);1H.